The Morgan fingerprint density at radius 2 is 1.91 bits per heavy atom. The molecule has 0 aliphatic heterocycles. The highest BCUT2D eigenvalue weighted by Crippen LogP contribution is 2.39. The number of halogens is 3. The molecule has 2 amide bonds. The van der Waals surface area contributed by atoms with Gasteiger partial charge in [-0.1, -0.05) is 26.8 Å². The average Bonchev–Trinajstić information content (AvgIpc) is 3.50. The largest absolute Gasteiger partial charge is 0.462 e. The van der Waals surface area contributed by atoms with Crippen LogP contribution in [0.15, 0.2) is 46.8 Å². The average molecular weight is 646 g/mol. The van der Waals surface area contributed by atoms with Gasteiger partial charge in [-0.15, -0.1) is 11.3 Å². The molecule has 0 aliphatic carbocycles. The van der Waals surface area contributed by atoms with Crippen LogP contribution in [0.1, 0.15) is 62.6 Å². The maximum Gasteiger partial charge on any atom is 0.434 e. The van der Waals surface area contributed by atoms with E-state index in [0.717, 1.165) is 16.7 Å². The van der Waals surface area contributed by atoms with E-state index >= 15 is 0 Å². The van der Waals surface area contributed by atoms with E-state index in [1.54, 1.807) is 23.6 Å². The minimum absolute atomic E-state index is 0.0202. The summed E-state index contributed by atoms with van der Waals surface area (Å²) in [6, 6.07) is 5.29. The van der Waals surface area contributed by atoms with E-state index in [1.807, 2.05) is 20.8 Å². The van der Waals surface area contributed by atoms with Crippen LogP contribution in [0.2, 0.25) is 0 Å². The number of nitrogens with zero attached hydrogens (tertiary/aromatic N) is 3. The number of carbonyl (C=O) groups is 2. The van der Waals surface area contributed by atoms with Crippen LogP contribution in [0, 0.1) is 5.92 Å². The number of benzene rings is 1. The number of nitrogens with one attached hydrogen (secondary N) is 2. The highest BCUT2D eigenvalue weighted by Gasteiger charge is 2.34. The summed E-state index contributed by atoms with van der Waals surface area (Å²) < 4.78 is 47.2. The first-order valence-electron chi connectivity index (χ1n) is 14.4. The van der Waals surface area contributed by atoms with Gasteiger partial charge in [-0.25, -0.2) is 19.6 Å². The van der Waals surface area contributed by atoms with E-state index in [2.05, 4.69) is 20.6 Å². The minimum Gasteiger partial charge on any atom is -0.462 e. The van der Waals surface area contributed by atoms with E-state index in [-0.39, 0.29) is 46.5 Å². The van der Waals surface area contributed by atoms with E-state index in [4.69, 9.17) is 4.74 Å². The highest BCUT2D eigenvalue weighted by molar-refractivity contribution is 7.13. The fourth-order valence-corrected chi connectivity index (χ4v) is 5.71. The Hall–Kier alpha value is -4.30. The van der Waals surface area contributed by atoms with Crippen molar-refractivity contribution in [3.8, 4) is 21.7 Å². The number of fused-ring (bicyclic) bond motifs is 1. The molecule has 3 aromatic heterocycles. The summed E-state index contributed by atoms with van der Waals surface area (Å²) >= 11 is 0.771. The van der Waals surface area contributed by atoms with Crippen LogP contribution in [-0.4, -0.2) is 51.4 Å². The first kappa shape index (κ1) is 33.6. The molecule has 10 nitrogen and oxygen atoms in total. The summed E-state index contributed by atoms with van der Waals surface area (Å²) in [5.74, 6) is -0.545. The zero-order valence-electron chi connectivity index (χ0n) is 25.2. The fraction of sp³-hybridized carbons (Fsp3) is 0.387. The lowest BCUT2D eigenvalue weighted by atomic mass is 9.98. The van der Waals surface area contributed by atoms with Crippen LogP contribution in [0.5, 0.6) is 0 Å². The minimum atomic E-state index is -4.67. The third kappa shape index (κ3) is 7.68. The van der Waals surface area contributed by atoms with Crippen molar-refractivity contribution in [3.63, 3.8) is 0 Å². The Kier molecular flexibility index (Phi) is 10.6. The van der Waals surface area contributed by atoms with Gasteiger partial charge in [0.25, 0.3) is 0 Å². The van der Waals surface area contributed by atoms with Gasteiger partial charge in [0.15, 0.2) is 5.69 Å². The van der Waals surface area contributed by atoms with Crippen molar-refractivity contribution >= 4 is 40.1 Å². The number of alkyl halides is 3. The van der Waals surface area contributed by atoms with Crippen molar-refractivity contribution < 1.29 is 32.6 Å². The van der Waals surface area contributed by atoms with Gasteiger partial charge in [-0.3, -0.25) is 10.1 Å². The number of aliphatic hydroxyl groups excluding tert-OH is 1. The maximum absolute atomic E-state index is 13.7. The Labute approximate surface area is 261 Å². The zero-order valence-corrected chi connectivity index (χ0v) is 26.0. The van der Waals surface area contributed by atoms with Crippen molar-refractivity contribution in [3.05, 3.63) is 63.5 Å². The van der Waals surface area contributed by atoms with Crippen LogP contribution >= 0.6 is 11.3 Å². The van der Waals surface area contributed by atoms with Crippen molar-refractivity contribution in [2.45, 2.75) is 52.8 Å². The second-order valence-corrected chi connectivity index (χ2v) is 11.6. The number of aliphatic hydroxyl groups is 1. The Morgan fingerprint density at radius 1 is 1.16 bits per heavy atom. The van der Waals surface area contributed by atoms with E-state index in [1.165, 1.54) is 24.5 Å². The molecule has 14 heteroatoms. The first-order chi connectivity index (χ1) is 21.4. The number of urea groups is 1. The molecule has 4 aromatic rings. The van der Waals surface area contributed by atoms with Gasteiger partial charge in [0.2, 0.25) is 5.43 Å². The van der Waals surface area contributed by atoms with E-state index in [0.29, 0.717) is 36.0 Å². The van der Waals surface area contributed by atoms with Gasteiger partial charge in [0.1, 0.15) is 16.4 Å². The number of hydrogen-bond acceptors (Lipinski definition) is 8. The molecule has 240 valence electrons. The summed E-state index contributed by atoms with van der Waals surface area (Å²) in [5.41, 5.74) is -0.443. The molecule has 4 rings (SSSR count). The molecular formula is C31H34F3N5O5S. The molecule has 3 N–H and O–H groups in total. The number of hydrogen-bond donors (Lipinski definition) is 3. The monoisotopic (exact) mass is 645 g/mol. The van der Waals surface area contributed by atoms with Crippen molar-refractivity contribution in [2.24, 2.45) is 5.92 Å². The summed E-state index contributed by atoms with van der Waals surface area (Å²) in [6.45, 7) is 7.69. The lowest BCUT2D eigenvalue weighted by molar-refractivity contribution is -0.140. The number of thiazole rings is 1. The molecule has 0 radical (unpaired) electrons. The molecular weight excluding hydrogens is 611 g/mol. The molecule has 45 heavy (non-hydrogen) atoms. The van der Waals surface area contributed by atoms with Crippen molar-refractivity contribution in [1.82, 2.24) is 19.9 Å². The van der Waals surface area contributed by atoms with Gasteiger partial charge >= 0.3 is 18.2 Å². The molecule has 0 saturated heterocycles. The second-order valence-electron chi connectivity index (χ2n) is 10.7. The van der Waals surface area contributed by atoms with Gasteiger partial charge in [0, 0.05) is 40.8 Å². The first-order valence-corrected chi connectivity index (χ1v) is 15.3. The SMILES string of the molecule is CCCNC(=O)Nc1cc(-c2nc(C(F)(F)F)cs2)c(-c2ccc3c(c2)c(=O)c(C(=O)OCC)cn3[C@H](CO)CC(C)C)cn1. The van der Waals surface area contributed by atoms with Crippen LogP contribution in [0.4, 0.5) is 23.8 Å². The molecule has 3 heterocycles. The third-order valence-electron chi connectivity index (χ3n) is 6.89. The number of amides is 2. The zero-order chi connectivity index (χ0) is 32.9. The van der Waals surface area contributed by atoms with E-state index in [9.17, 15) is 32.7 Å². The molecule has 0 fully saturated rings. The topological polar surface area (TPSA) is 135 Å². The standard InChI is InChI=1S/C31H34F3N5O5S/c1-5-9-35-30(43)38-26-12-20(28-37-25(16-45-28)31(32,33)34)22(13-36-26)18-7-8-24-21(11-18)27(41)23(29(42)44-6-2)14-39(24)19(15-40)10-17(3)4/h7-8,11-14,16-17,19,40H,5-6,9-10,15H2,1-4H3,(H2,35,36,38,43)/t19-/m0/s1. The lowest BCUT2D eigenvalue weighted by Crippen LogP contribution is -2.29. The predicted octanol–water partition coefficient (Wildman–Crippen LogP) is 6.49. The van der Waals surface area contributed by atoms with Gasteiger partial charge < -0.3 is 19.7 Å². The number of rotatable bonds is 11. The van der Waals surface area contributed by atoms with Crippen molar-refractivity contribution in [1.29, 1.82) is 0 Å². The number of pyridine rings is 2. The van der Waals surface area contributed by atoms with Crippen LogP contribution in [0.25, 0.3) is 32.6 Å². The maximum atomic E-state index is 13.7. The molecule has 0 spiro atoms. The molecule has 1 aromatic carbocycles. The smallest absolute Gasteiger partial charge is 0.434 e. The summed E-state index contributed by atoms with van der Waals surface area (Å²) in [4.78, 5) is 46.9. The summed E-state index contributed by atoms with van der Waals surface area (Å²) in [7, 11) is 0. The summed E-state index contributed by atoms with van der Waals surface area (Å²) in [5, 5.41) is 16.5. The molecule has 0 bridgehead atoms. The molecule has 0 saturated carbocycles. The molecule has 0 aliphatic rings. The molecule has 1 atom stereocenters. The van der Waals surface area contributed by atoms with Crippen molar-refractivity contribution in [2.75, 3.05) is 25.1 Å². The molecule has 0 unspecified atom stereocenters. The van der Waals surface area contributed by atoms with Crippen LogP contribution < -0.4 is 16.1 Å². The Balaban J connectivity index is 1.94. The quantitative estimate of drug-likeness (QED) is 0.159. The Bertz CT molecular complexity index is 1750. The third-order valence-corrected chi connectivity index (χ3v) is 7.77. The highest BCUT2D eigenvalue weighted by atomic mass is 32.1. The fourth-order valence-electron chi connectivity index (χ4n) is 4.86. The van der Waals surface area contributed by atoms with Gasteiger partial charge in [-0.2, -0.15) is 13.2 Å². The summed E-state index contributed by atoms with van der Waals surface area (Å²) in [6.07, 6.45) is -0.638. The number of carbonyl (C=O) groups excluding carboxylic acids is 2. The Morgan fingerprint density at radius 3 is 2.53 bits per heavy atom. The lowest BCUT2D eigenvalue weighted by Gasteiger charge is -2.23. The van der Waals surface area contributed by atoms with Crippen LogP contribution in [-0.2, 0) is 10.9 Å². The normalized spacial score (nSPS) is 12.4. The van der Waals surface area contributed by atoms with Gasteiger partial charge in [-0.05, 0) is 49.4 Å². The number of aromatic nitrogens is 3. The number of anilines is 1. The number of ether oxygens (including phenoxy) is 1. The van der Waals surface area contributed by atoms with Gasteiger partial charge in [0.05, 0.1) is 24.8 Å². The van der Waals surface area contributed by atoms with E-state index < -0.39 is 35.3 Å². The number of esters is 1. The predicted molar refractivity (Wildman–Crippen MR) is 166 cm³/mol. The second kappa shape index (κ2) is 14.2. The van der Waals surface area contributed by atoms with Crippen LogP contribution in [0.3, 0.4) is 0 Å².